The van der Waals surface area contributed by atoms with Crippen molar-refractivity contribution in [1.29, 1.82) is 0 Å². The number of aromatic nitrogens is 2. The third-order valence-electron chi connectivity index (χ3n) is 4.58. The molecule has 6 nitrogen and oxygen atoms in total. The van der Waals surface area contributed by atoms with E-state index in [1.165, 1.54) is 31.2 Å². The molecule has 3 rings (SSSR count). The molecular formula is C22H20ClF3N4O2. The van der Waals surface area contributed by atoms with Crippen LogP contribution in [-0.2, 0) is 15.8 Å². The van der Waals surface area contributed by atoms with Crippen molar-refractivity contribution in [3.05, 3.63) is 76.4 Å². The predicted molar refractivity (Wildman–Crippen MR) is 115 cm³/mol. The molecule has 0 aliphatic carbocycles. The Bertz CT molecular complexity index is 1130. The van der Waals surface area contributed by atoms with Gasteiger partial charge < -0.3 is 10.6 Å². The lowest BCUT2D eigenvalue weighted by Crippen LogP contribution is -2.30. The van der Waals surface area contributed by atoms with Crippen LogP contribution < -0.4 is 10.6 Å². The van der Waals surface area contributed by atoms with Crippen LogP contribution >= 0.6 is 11.6 Å². The van der Waals surface area contributed by atoms with Crippen LogP contribution in [0.5, 0.6) is 0 Å². The highest BCUT2D eigenvalue weighted by atomic mass is 35.5. The average Bonchev–Trinajstić information content (AvgIpc) is 3.07. The lowest BCUT2D eigenvalue weighted by molar-refractivity contribution is -0.137. The zero-order chi connectivity index (χ0) is 23.5. The average molecular weight is 465 g/mol. The normalized spacial score (nSPS) is 12.3. The van der Waals surface area contributed by atoms with Gasteiger partial charge in [-0.1, -0.05) is 35.9 Å². The fraction of sp³-hybridized carbons (Fsp3) is 0.227. The second kappa shape index (κ2) is 9.44. The Kier molecular flexibility index (Phi) is 6.88. The molecule has 0 bridgehead atoms. The number of rotatable bonds is 6. The fourth-order valence-corrected chi connectivity index (χ4v) is 3.37. The highest BCUT2D eigenvalue weighted by Gasteiger charge is 2.34. The van der Waals surface area contributed by atoms with E-state index >= 15 is 0 Å². The van der Waals surface area contributed by atoms with Gasteiger partial charge in [-0.25, -0.2) is 4.68 Å². The molecule has 0 saturated heterocycles. The van der Waals surface area contributed by atoms with Crippen molar-refractivity contribution in [2.24, 2.45) is 0 Å². The van der Waals surface area contributed by atoms with Gasteiger partial charge in [0.2, 0.25) is 11.8 Å². The van der Waals surface area contributed by atoms with Crippen molar-refractivity contribution in [1.82, 2.24) is 15.1 Å². The van der Waals surface area contributed by atoms with Crippen molar-refractivity contribution < 1.29 is 22.8 Å². The molecule has 1 unspecified atom stereocenters. The number of halogens is 4. The van der Waals surface area contributed by atoms with Crippen LogP contribution in [0.3, 0.4) is 0 Å². The summed E-state index contributed by atoms with van der Waals surface area (Å²) in [6.07, 6.45) is -4.74. The van der Waals surface area contributed by atoms with Gasteiger partial charge in [-0.2, -0.15) is 18.3 Å². The van der Waals surface area contributed by atoms with Gasteiger partial charge in [0.25, 0.3) is 0 Å². The number of carbonyl (C=O) groups is 2. The van der Waals surface area contributed by atoms with E-state index in [2.05, 4.69) is 15.7 Å². The number of nitrogens with one attached hydrogen (secondary N) is 2. The van der Waals surface area contributed by atoms with E-state index in [-0.39, 0.29) is 23.8 Å². The number of carbonyl (C=O) groups excluding carboxylic acids is 2. The highest BCUT2D eigenvalue weighted by molar-refractivity contribution is 6.30. The Balaban J connectivity index is 1.87. The van der Waals surface area contributed by atoms with Gasteiger partial charge in [0.1, 0.15) is 5.82 Å². The number of amides is 2. The van der Waals surface area contributed by atoms with Crippen LogP contribution in [0.4, 0.5) is 19.0 Å². The second-order valence-corrected chi connectivity index (χ2v) is 7.59. The molecule has 1 aromatic heterocycles. The van der Waals surface area contributed by atoms with Crippen LogP contribution in [0.1, 0.15) is 36.2 Å². The first-order valence-corrected chi connectivity index (χ1v) is 9.98. The standard InChI is InChI=1S/C22H20ClF3N4O2/c1-13-11-20(30(29-13)19-6-4-3-5-17(19)22(24,25)26)28-21(32)12-18(27-14(2)31)15-7-9-16(23)10-8-15/h3-11,18H,12H2,1-2H3,(H,27,31)(H,28,32). The summed E-state index contributed by atoms with van der Waals surface area (Å²) in [4.78, 5) is 24.4. The van der Waals surface area contributed by atoms with E-state index < -0.39 is 23.7 Å². The monoisotopic (exact) mass is 464 g/mol. The Morgan fingerprint density at radius 1 is 1.12 bits per heavy atom. The smallest absolute Gasteiger partial charge is 0.349 e. The molecule has 0 spiro atoms. The topological polar surface area (TPSA) is 76.0 Å². The Hall–Kier alpha value is -3.33. The van der Waals surface area contributed by atoms with Crippen molar-refractivity contribution in [3.63, 3.8) is 0 Å². The molecule has 0 aliphatic rings. The van der Waals surface area contributed by atoms with Crippen LogP contribution in [0.15, 0.2) is 54.6 Å². The molecule has 0 saturated carbocycles. The summed E-state index contributed by atoms with van der Waals surface area (Å²) >= 11 is 5.90. The highest BCUT2D eigenvalue weighted by Crippen LogP contribution is 2.34. The van der Waals surface area contributed by atoms with E-state index in [4.69, 9.17) is 11.6 Å². The van der Waals surface area contributed by atoms with Gasteiger partial charge in [0.05, 0.1) is 29.4 Å². The SMILES string of the molecule is CC(=O)NC(CC(=O)Nc1cc(C)nn1-c1ccccc1C(F)(F)F)c1ccc(Cl)cc1. The molecule has 2 amide bonds. The van der Waals surface area contributed by atoms with Gasteiger partial charge in [-0.3, -0.25) is 9.59 Å². The van der Waals surface area contributed by atoms with E-state index in [0.717, 1.165) is 10.7 Å². The van der Waals surface area contributed by atoms with Crippen LogP contribution in [0, 0.1) is 6.92 Å². The molecule has 3 aromatic rings. The number of hydrogen-bond donors (Lipinski definition) is 2. The molecule has 1 atom stereocenters. The van der Waals surface area contributed by atoms with Gasteiger partial charge in [0, 0.05) is 18.0 Å². The molecule has 2 aromatic carbocycles. The van der Waals surface area contributed by atoms with E-state index in [1.807, 2.05) is 0 Å². The number of hydrogen-bond acceptors (Lipinski definition) is 3. The van der Waals surface area contributed by atoms with Gasteiger partial charge in [-0.15, -0.1) is 0 Å². The van der Waals surface area contributed by atoms with Crippen molar-refractivity contribution in [2.75, 3.05) is 5.32 Å². The molecular weight excluding hydrogens is 445 g/mol. The zero-order valence-electron chi connectivity index (χ0n) is 17.2. The van der Waals surface area contributed by atoms with Crippen LogP contribution in [0.2, 0.25) is 5.02 Å². The first-order chi connectivity index (χ1) is 15.0. The maximum atomic E-state index is 13.5. The predicted octanol–water partition coefficient (Wildman–Crippen LogP) is 5.06. The number of anilines is 1. The summed E-state index contributed by atoms with van der Waals surface area (Å²) in [5, 5.41) is 9.93. The zero-order valence-corrected chi connectivity index (χ0v) is 18.0. The van der Waals surface area contributed by atoms with Crippen molar-refractivity contribution in [2.45, 2.75) is 32.5 Å². The summed E-state index contributed by atoms with van der Waals surface area (Å²) in [6, 6.07) is 12.4. The molecule has 168 valence electrons. The lowest BCUT2D eigenvalue weighted by Gasteiger charge is -2.19. The lowest BCUT2D eigenvalue weighted by atomic mass is 10.0. The molecule has 1 heterocycles. The third kappa shape index (κ3) is 5.67. The largest absolute Gasteiger partial charge is 0.418 e. The minimum absolute atomic E-state index is 0.0851. The maximum Gasteiger partial charge on any atom is 0.418 e. The number of alkyl halides is 3. The minimum Gasteiger partial charge on any atom is -0.349 e. The van der Waals surface area contributed by atoms with Gasteiger partial charge in [-0.05, 0) is 36.8 Å². The second-order valence-electron chi connectivity index (χ2n) is 7.15. The molecule has 32 heavy (non-hydrogen) atoms. The van der Waals surface area contributed by atoms with E-state index in [1.54, 1.807) is 31.2 Å². The summed E-state index contributed by atoms with van der Waals surface area (Å²) < 4.78 is 41.4. The van der Waals surface area contributed by atoms with Crippen LogP contribution in [0.25, 0.3) is 5.69 Å². The molecule has 0 aliphatic heterocycles. The number of aryl methyl sites for hydroxylation is 1. The van der Waals surface area contributed by atoms with E-state index in [9.17, 15) is 22.8 Å². The Morgan fingerprint density at radius 3 is 2.41 bits per heavy atom. The van der Waals surface area contributed by atoms with Gasteiger partial charge >= 0.3 is 6.18 Å². The van der Waals surface area contributed by atoms with Crippen molar-refractivity contribution in [3.8, 4) is 5.69 Å². The molecule has 0 fully saturated rings. The first kappa shape index (κ1) is 23.3. The first-order valence-electron chi connectivity index (χ1n) is 9.60. The molecule has 10 heteroatoms. The Morgan fingerprint density at radius 2 is 1.78 bits per heavy atom. The summed E-state index contributed by atoms with van der Waals surface area (Å²) in [6.45, 7) is 2.93. The quantitative estimate of drug-likeness (QED) is 0.535. The number of benzene rings is 2. The minimum atomic E-state index is -4.59. The third-order valence-corrected chi connectivity index (χ3v) is 4.83. The number of para-hydroxylation sites is 1. The number of nitrogens with zero attached hydrogens (tertiary/aromatic N) is 2. The summed E-state index contributed by atoms with van der Waals surface area (Å²) in [5.41, 5.74) is -0.00403. The van der Waals surface area contributed by atoms with Gasteiger partial charge in [0.15, 0.2) is 0 Å². The Labute approximate surface area is 187 Å². The molecule has 2 N–H and O–H groups in total. The fourth-order valence-electron chi connectivity index (χ4n) is 3.24. The summed E-state index contributed by atoms with van der Waals surface area (Å²) in [7, 11) is 0. The summed E-state index contributed by atoms with van der Waals surface area (Å²) in [5.74, 6) is -0.760. The molecule has 0 radical (unpaired) electrons. The van der Waals surface area contributed by atoms with Crippen LogP contribution in [-0.4, -0.2) is 21.6 Å². The van der Waals surface area contributed by atoms with E-state index in [0.29, 0.717) is 16.3 Å². The van der Waals surface area contributed by atoms with Crippen molar-refractivity contribution >= 4 is 29.2 Å². The maximum absolute atomic E-state index is 13.5.